The lowest BCUT2D eigenvalue weighted by atomic mass is 10.0. The van der Waals surface area contributed by atoms with E-state index in [0.717, 1.165) is 16.3 Å². The molecule has 17 heavy (non-hydrogen) atoms. The molecule has 5 heteroatoms. The summed E-state index contributed by atoms with van der Waals surface area (Å²) in [5.41, 5.74) is 7.80. The number of nitrogens with two attached hydrogens (primary N) is 1. The Bertz CT molecular complexity index is 527. The van der Waals surface area contributed by atoms with Crippen LogP contribution in [0.15, 0.2) is 28.1 Å². The van der Waals surface area contributed by atoms with Gasteiger partial charge in [0, 0.05) is 17.8 Å². The molecule has 0 aliphatic heterocycles. The van der Waals surface area contributed by atoms with Gasteiger partial charge in [0.15, 0.2) is 0 Å². The van der Waals surface area contributed by atoms with Crippen LogP contribution in [0.1, 0.15) is 22.3 Å². The standard InChI is InChI=1S/C12H12BrFN2S/c1-7-16-8(6-17-7)5-11(15)9-3-2-4-10(14)12(9)13/h2-4,6,11H,5,15H2,1H3. The van der Waals surface area contributed by atoms with Crippen LogP contribution in [0.4, 0.5) is 4.39 Å². The van der Waals surface area contributed by atoms with Crippen LogP contribution in [-0.4, -0.2) is 4.98 Å². The number of rotatable bonds is 3. The van der Waals surface area contributed by atoms with Crippen molar-refractivity contribution in [3.63, 3.8) is 0 Å². The first-order valence-electron chi connectivity index (χ1n) is 5.18. The monoisotopic (exact) mass is 314 g/mol. The minimum absolute atomic E-state index is 0.249. The number of benzene rings is 1. The third-order valence-corrected chi connectivity index (χ3v) is 4.14. The van der Waals surface area contributed by atoms with Crippen molar-refractivity contribution in [3.8, 4) is 0 Å². The predicted octanol–water partition coefficient (Wildman–Crippen LogP) is 3.60. The second-order valence-electron chi connectivity index (χ2n) is 3.81. The molecular formula is C12H12BrFN2S. The molecule has 0 saturated carbocycles. The number of aryl methyl sites for hydroxylation is 1. The lowest BCUT2D eigenvalue weighted by Crippen LogP contribution is -2.14. The maximum absolute atomic E-state index is 13.4. The van der Waals surface area contributed by atoms with Gasteiger partial charge in [-0.3, -0.25) is 0 Å². The highest BCUT2D eigenvalue weighted by Crippen LogP contribution is 2.27. The van der Waals surface area contributed by atoms with Crippen molar-refractivity contribution in [1.29, 1.82) is 0 Å². The van der Waals surface area contributed by atoms with E-state index in [0.29, 0.717) is 10.9 Å². The average Bonchev–Trinajstić information content (AvgIpc) is 2.68. The quantitative estimate of drug-likeness (QED) is 0.940. The normalized spacial score (nSPS) is 12.7. The lowest BCUT2D eigenvalue weighted by Gasteiger charge is -2.12. The molecule has 1 unspecified atom stereocenters. The van der Waals surface area contributed by atoms with Crippen molar-refractivity contribution >= 4 is 27.3 Å². The molecule has 2 N–H and O–H groups in total. The molecule has 1 atom stereocenters. The molecule has 0 bridgehead atoms. The van der Waals surface area contributed by atoms with Crippen LogP contribution in [0.3, 0.4) is 0 Å². The van der Waals surface area contributed by atoms with Crippen LogP contribution in [0.25, 0.3) is 0 Å². The largest absolute Gasteiger partial charge is 0.324 e. The first-order valence-corrected chi connectivity index (χ1v) is 6.85. The summed E-state index contributed by atoms with van der Waals surface area (Å²) in [6.45, 7) is 1.96. The zero-order valence-corrected chi connectivity index (χ0v) is 11.7. The van der Waals surface area contributed by atoms with E-state index in [4.69, 9.17) is 5.73 Å². The number of aromatic nitrogens is 1. The van der Waals surface area contributed by atoms with Crippen LogP contribution < -0.4 is 5.73 Å². The summed E-state index contributed by atoms with van der Waals surface area (Å²) in [6.07, 6.45) is 0.617. The Kier molecular flexibility index (Phi) is 3.91. The van der Waals surface area contributed by atoms with Gasteiger partial charge in [0.1, 0.15) is 5.82 Å². The highest BCUT2D eigenvalue weighted by Gasteiger charge is 2.14. The van der Waals surface area contributed by atoms with Gasteiger partial charge in [-0.1, -0.05) is 12.1 Å². The molecule has 1 heterocycles. The molecule has 90 valence electrons. The van der Waals surface area contributed by atoms with E-state index in [9.17, 15) is 4.39 Å². The van der Waals surface area contributed by atoms with Crippen LogP contribution in [0.2, 0.25) is 0 Å². The molecule has 0 aliphatic rings. The van der Waals surface area contributed by atoms with Crippen molar-refractivity contribution in [2.45, 2.75) is 19.4 Å². The molecule has 0 radical (unpaired) electrons. The molecule has 1 aromatic carbocycles. The Balaban J connectivity index is 2.20. The van der Waals surface area contributed by atoms with Crippen LogP contribution in [-0.2, 0) is 6.42 Å². The van der Waals surface area contributed by atoms with E-state index in [-0.39, 0.29) is 11.9 Å². The molecule has 2 aromatic rings. The highest BCUT2D eigenvalue weighted by molar-refractivity contribution is 9.10. The van der Waals surface area contributed by atoms with Gasteiger partial charge in [0.2, 0.25) is 0 Å². The highest BCUT2D eigenvalue weighted by atomic mass is 79.9. The molecule has 1 aromatic heterocycles. The molecule has 2 nitrogen and oxygen atoms in total. The van der Waals surface area contributed by atoms with Crippen molar-refractivity contribution in [2.75, 3.05) is 0 Å². The van der Waals surface area contributed by atoms with Gasteiger partial charge in [0.25, 0.3) is 0 Å². The maximum atomic E-state index is 13.4. The Labute approximate surface area is 112 Å². The third-order valence-electron chi connectivity index (χ3n) is 2.48. The first-order chi connectivity index (χ1) is 8.08. The van der Waals surface area contributed by atoms with Gasteiger partial charge in [-0.25, -0.2) is 9.37 Å². The van der Waals surface area contributed by atoms with Crippen molar-refractivity contribution in [3.05, 3.63) is 50.1 Å². The Hall–Kier alpha value is -0.780. The number of nitrogens with zero attached hydrogens (tertiary/aromatic N) is 1. The smallest absolute Gasteiger partial charge is 0.137 e. The molecule has 0 aliphatic carbocycles. The Morgan fingerprint density at radius 2 is 2.29 bits per heavy atom. The summed E-state index contributed by atoms with van der Waals surface area (Å²) in [7, 11) is 0. The fourth-order valence-electron chi connectivity index (χ4n) is 1.64. The third kappa shape index (κ3) is 2.91. The van der Waals surface area contributed by atoms with Gasteiger partial charge in [-0.2, -0.15) is 0 Å². The molecular weight excluding hydrogens is 303 g/mol. The van der Waals surface area contributed by atoms with E-state index in [2.05, 4.69) is 20.9 Å². The topological polar surface area (TPSA) is 38.9 Å². The van der Waals surface area contributed by atoms with E-state index in [1.807, 2.05) is 18.4 Å². The van der Waals surface area contributed by atoms with E-state index < -0.39 is 0 Å². The van der Waals surface area contributed by atoms with Crippen molar-refractivity contribution in [1.82, 2.24) is 4.98 Å². The number of halogens is 2. The molecule has 0 amide bonds. The summed E-state index contributed by atoms with van der Waals surface area (Å²) in [5.74, 6) is -0.285. The predicted molar refractivity (Wildman–Crippen MR) is 71.6 cm³/mol. The van der Waals surface area contributed by atoms with Gasteiger partial charge in [0.05, 0.1) is 15.2 Å². The molecule has 0 fully saturated rings. The number of hydrogen-bond acceptors (Lipinski definition) is 3. The van der Waals surface area contributed by atoms with E-state index in [1.165, 1.54) is 6.07 Å². The maximum Gasteiger partial charge on any atom is 0.137 e. The summed E-state index contributed by atoms with van der Waals surface area (Å²) in [4.78, 5) is 4.36. The van der Waals surface area contributed by atoms with Gasteiger partial charge >= 0.3 is 0 Å². The Morgan fingerprint density at radius 1 is 1.53 bits per heavy atom. The fraction of sp³-hybridized carbons (Fsp3) is 0.250. The summed E-state index contributed by atoms with van der Waals surface area (Å²) < 4.78 is 13.8. The Morgan fingerprint density at radius 3 is 2.94 bits per heavy atom. The van der Waals surface area contributed by atoms with Crippen molar-refractivity contribution < 1.29 is 4.39 Å². The minimum atomic E-state index is -0.285. The average molecular weight is 315 g/mol. The summed E-state index contributed by atoms with van der Waals surface area (Å²) in [5, 5.41) is 3.01. The number of thiazole rings is 1. The SMILES string of the molecule is Cc1nc(CC(N)c2cccc(F)c2Br)cs1. The second kappa shape index (κ2) is 5.25. The van der Waals surface area contributed by atoms with Crippen LogP contribution in [0, 0.1) is 12.7 Å². The molecule has 0 spiro atoms. The van der Waals surface area contributed by atoms with E-state index in [1.54, 1.807) is 17.4 Å². The minimum Gasteiger partial charge on any atom is -0.324 e. The van der Waals surface area contributed by atoms with Gasteiger partial charge in [-0.05, 0) is 34.5 Å². The zero-order valence-electron chi connectivity index (χ0n) is 9.28. The fourth-order valence-corrected chi connectivity index (χ4v) is 2.83. The lowest BCUT2D eigenvalue weighted by molar-refractivity contribution is 0.609. The first kappa shape index (κ1) is 12.7. The molecule has 0 saturated heterocycles. The second-order valence-corrected chi connectivity index (χ2v) is 5.67. The van der Waals surface area contributed by atoms with Crippen LogP contribution in [0.5, 0.6) is 0 Å². The summed E-state index contributed by atoms with van der Waals surface area (Å²) >= 11 is 4.82. The summed E-state index contributed by atoms with van der Waals surface area (Å²) in [6, 6.07) is 4.66. The van der Waals surface area contributed by atoms with Crippen molar-refractivity contribution in [2.24, 2.45) is 5.73 Å². The number of hydrogen-bond donors (Lipinski definition) is 1. The molecule has 2 rings (SSSR count). The van der Waals surface area contributed by atoms with Crippen LogP contribution >= 0.6 is 27.3 Å². The van der Waals surface area contributed by atoms with E-state index >= 15 is 0 Å². The van der Waals surface area contributed by atoms with Gasteiger partial charge < -0.3 is 5.73 Å². The zero-order chi connectivity index (χ0) is 12.4. The van der Waals surface area contributed by atoms with Gasteiger partial charge in [-0.15, -0.1) is 11.3 Å².